The summed E-state index contributed by atoms with van der Waals surface area (Å²) < 4.78 is 28.7. The molecular weight excluding hydrogens is 452 g/mol. The second kappa shape index (κ2) is 8.85. The highest BCUT2D eigenvalue weighted by molar-refractivity contribution is 7.71. The molecular formula is C25H21FN5O2P. The molecule has 34 heavy (non-hydrogen) atoms. The molecule has 0 amide bonds. The van der Waals surface area contributed by atoms with Gasteiger partial charge in [0, 0.05) is 48.7 Å². The number of nitriles is 1. The van der Waals surface area contributed by atoms with Crippen molar-refractivity contribution in [3.63, 3.8) is 0 Å². The van der Waals surface area contributed by atoms with Gasteiger partial charge in [-0.15, -0.1) is 0 Å². The van der Waals surface area contributed by atoms with Crippen molar-refractivity contribution in [1.29, 1.82) is 5.26 Å². The van der Waals surface area contributed by atoms with Crippen molar-refractivity contribution >= 4 is 29.0 Å². The minimum absolute atomic E-state index is 0.257. The minimum Gasteiger partial charge on any atom is -0.356 e. The normalized spacial score (nSPS) is 15.2. The van der Waals surface area contributed by atoms with E-state index in [4.69, 9.17) is 5.26 Å². The number of benzene rings is 2. The Hall–Kier alpha value is -3.82. The number of hydrogen-bond donors (Lipinski definition) is 1. The van der Waals surface area contributed by atoms with Crippen molar-refractivity contribution in [3.8, 4) is 6.07 Å². The fourth-order valence-corrected chi connectivity index (χ4v) is 7.08. The smallest absolute Gasteiger partial charge is 0.272 e. The Morgan fingerprint density at radius 1 is 1.09 bits per heavy atom. The number of anilines is 1. The van der Waals surface area contributed by atoms with E-state index < -0.39 is 13.0 Å². The number of fused-ring (bicyclic) bond motifs is 1. The third-order valence-electron chi connectivity index (χ3n) is 6.26. The lowest BCUT2D eigenvalue weighted by molar-refractivity contribution is 0.571. The van der Waals surface area contributed by atoms with Crippen molar-refractivity contribution in [3.05, 3.63) is 93.8 Å². The molecule has 0 bridgehead atoms. The van der Waals surface area contributed by atoms with Crippen molar-refractivity contribution in [2.75, 3.05) is 30.3 Å². The predicted octanol–water partition coefficient (Wildman–Crippen LogP) is 3.43. The third-order valence-corrected chi connectivity index (χ3v) is 9.32. The SMILES string of the molecule is N#Cc1ccc(N2CCP(=O)(c3cc(Cc4n[nH]c(=O)c5ccccc45)ccc3F)CC2)nc1. The fraction of sp³-hybridized carbons (Fsp3) is 0.200. The maximum Gasteiger partial charge on any atom is 0.272 e. The molecule has 4 aromatic rings. The summed E-state index contributed by atoms with van der Waals surface area (Å²) in [6, 6.07) is 17.5. The van der Waals surface area contributed by atoms with Gasteiger partial charge < -0.3 is 9.46 Å². The lowest BCUT2D eigenvalue weighted by Crippen LogP contribution is -2.38. The van der Waals surface area contributed by atoms with Crippen LogP contribution in [0.3, 0.4) is 0 Å². The van der Waals surface area contributed by atoms with Crippen LogP contribution in [0.25, 0.3) is 10.8 Å². The molecule has 7 nitrogen and oxygen atoms in total. The van der Waals surface area contributed by atoms with Crippen molar-refractivity contribution in [2.24, 2.45) is 0 Å². The molecule has 1 N–H and O–H groups in total. The van der Waals surface area contributed by atoms with E-state index in [0.717, 1.165) is 16.8 Å². The van der Waals surface area contributed by atoms with Gasteiger partial charge in [-0.1, -0.05) is 24.3 Å². The highest BCUT2D eigenvalue weighted by atomic mass is 31.2. The third kappa shape index (κ3) is 4.11. The molecule has 1 aliphatic rings. The second-order valence-electron chi connectivity index (χ2n) is 8.35. The van der Waals surface area contributed by atoms with E-state index in [1.165, 1.54) is 12.3 Å². The molecule has 1 saturated heterocycles. The van der Waals surface area contributed by atoms with E-state index in [0.29, 0.717) is 48.5 Å². The highest BCUT2D eigenvalue weighted by Gasteiger charge is 2.33. The van der Waals surface area contributed by atoms with Gasteiger partial charge in [0.2, 0.25) is 0 Å². The monoisotopic (exact) mass is 473 g/mol. The minimum atomic E-state index is -2.94. The maximum atomic E-state index is 14.9. The predicted molar refractivity (Wildman–Crippen MR) is 130 cm³/mol. The van der Waals surface area contributed by atoms with Gasteiger partial charge in [-0.25, -0.2) is 14.5 Å². The molecule has 0 unspecified atom stereocenters. The van der Waals surface area contributed by atoms with E-state index in [9.17, 15) is 13.8 Å². The number of H-pyrrole nitrogens is 1. The Balaban J connectivity index is 1.39. The molecule has 3 heterocycles. The van der Waals surface area contributed by atoms with E-state index in [1.807, 2.05) is 23.1 Å². The average molecular weight is 473 g/mol. The quantitative estimate of drug-likeness (QED) is 0.456. The molecule has 170 valence electrons. The summed E-state index contributed by atoms with van der Waals surface area (Å²) in [6.45, 7) is 0.984. The maximum absolute atomic E-state index is 14.9. The Morgan fingerprint density at radius 2 is 1.85 bits per heavy atom. The fourth-order valence-electron chi connectivity index (χ4n) is 4.38. The molecule has 0 spiro atoms. The summed E-state index contributed by atoms with van der Waals surface area (Å²) in [6.07, 6.45) is 2.58. The van der Waals surface area contributed by atoms with Gasteiger partial charge in [-0.05, 0) is 35.9 Å². The molecule has 9 heteroatoms. The van der Waals surface area contributed by atoms with Gasteiger partial charge in [-0.3, -0.25) is 4.79 Å². The van der Waals surface area contributed by atoms with Gasteiger partial charge in [0.05, 0.1) is 16.6 Å². The van der Waals surface area contributed by atoms with Crippen LogP contribution < -0.4 is 15.8 Å². The first-order valence-corrected chi connectivity index (χ1v) is 13.0. The van der Waals surface area contributed by atoms with Gasteiger partial charge in [0.25, 0.3) is 5.56 Å². The molecule has 2 aromatic heterocycles. The number of rotatable bonds is 4. The van der Waals surface area contributed by atoms with Crippen molar-refractivity contribution < 1.29 is 8.96 Å². The van der Waals surface area contributed by atoms with Gasteiger partial charge in [0.1, 0.15) is 24.8 Å². The highest BCUT2D eigenvalue weighted by Crippen LogP contribution is 2.47. The molecule has 2 aromatic carbocycles. The summed E-state index contributed by atoms with van der Waals surface area (Å²) in [7, 11) is -2.94. The number of aromatic nitrogens is 3. The summed E-state index contributed by atoms with van der Waals surface area (Å²) >= 11 is 0. The summed E-state index contributed by atoms with van der Waals surface area (Å²) in [5.41, 5.74) is 1.68. The standard InChI is InChI=1S/C25H21FN5O2P/c26-21-7-5-17(13-22-19-3-1-2-4-20(19)25(32)30-29-22)14-23(21)34(33)11-9-31(10-12-34)24-8-6-18(15-27)16-28-24/h1-8,14,16H,9-13H2,(H,30,32). The number of halogens is 1. The number of pyridine rings is 1. The molecule has 0 saturated carbocycles. The summed E-state index contributed by atoms with van der Waals surface area (Å²) in [5.74, 6) is 0.256. The summed E-state index contributed by atoms with van der Waals surface area (Å²) in [4.78, 5) is 18.4. The largest absolute Gasteiger partial charge is 0.356 e. The zero-order valence-electron chi connectivity index (χ0n) is 18.2. The van der Waals surface area contributed by atoms with Crippen LogP contribution >= 0.6 is 7.14 Å². The van der Waals surface area contributed by atoms with Gasteiger partial charge >= 0.3 is 0 Å². The molecule has 0 aliphatic carbocycles. The lowest BCUT2D eigenvalue weighted by atomic mass is 10.0. The van der Waals surface area contributed by atoms with Crippen LogP contribution in [-0.2, 0) is 11.0 Å². The van der Waals surface area contributed by atoms with Crippen LogP contribution in [0.4, 0.5) is 10.2 Å². The van der Waals surface area contributed by atoms with E-state index in [-0.39, 0.29) is 10.9 Å². The number of nitrogens with one attached hydrogen (secondary N) is 1. The zero-order valence-corrected chi connectivity index (χ0v) is 19.1. The zero-order chi connectivity index (χ0) is 23.7. The number of nitrogens with zero attached hydrogens (tertiary/aromatic N) is 4. The van der Waals surface area contributed by atoms with Crippen molar-refractivity contribution in [1.82, 2.24) is 15.2 Å². The van der Waals surface area contributed by atoms with Crippen molar-refractivity contribution in [2.45, 2.75) is 6.42 Å². The van der Waals surface area contributed by atoms with Crippen LogP contribution in [0.15, 0.2) is 65.6 Å². The average Bonchev–Trinajstić information content (AvgIpc) is 2.87. The van der Waals surface area contributed by atoms with Crippen LogP contribution in [0, 0.1) is 17.1 Å². The van der Waals surface area contributed by atoms with Crippen LogP contribution in [-0.4, -0.2) is 40.6 Å². The Kier molecular flexibility index (Phi) is 5.72. The Bertz CT molecular complexity index is 1520. The van der Waals surface area contributed by atoms with E-state index >= 15 is 0 Å². The second-order valence-corrected chi connectivity index (χ2v) is 11.5. The molecule has 1 fully saturated rings. The first kappa shape index (κ1) is 22.0. The summed E-state index contributed by atoms with van der Waals surface area (Å²) in [5, 5.41) is 17.2. The number of hydrogen-bond acceptors (Lipinski definition) is 6. The van der Waals surface area contributed by atoms with Crippen LogP contribution in [0.5, 0.6) is 0 Å². The van der Waals surface area contributed by atoms with E-state index in [2.05, 4.69) is 15.2 Å². The Morgan fingerprint density at radius 3 is 2.56 bits per heavy atom. The Labute approximate surface area is 195 Å². The first-order chi connectivity index (χ1) is 16.5. The molecule has 1 aliphatic heterocycles. The molecule has 0 atom stereocenters. The first-order valence-electron chi connectivity index (χ1n) is 10.9. The lowest BCUT2D eigenvalue weighted by Gasteiger charge is -2.33. The van der Waals surface area contributed by atoms with E-state index in [1.54, 1.807) is 36.4 Å². The van der Waals surface area contributed by atoms with Gasteiger partial charge in [-0.2, -0.15) is 10.4 Å². The van der Waals surface area contributed by atoms with Gasteiger partial charge in [0.15, 0.2) is 0 Å². The molecule has 0 radical (unpaired) electrons. The molecule has 5 rings (SSSR count). The van der Waals surface area contributed by atoms with Crippen LogP contribution in [0.2, 0.25) is 0 Å². The number of aromatic amines is 1. The van der Waals surface area contributed by atoms with Crippen LogP contribution in [0.1, 0.15) is 16.8 Å². The topological polar surface area (TPSA) is 103 Å².